The molecule has 0 bridgehead atoms. The lowest BCUT2D eigenvalue weighted by molar-refractivity contribution is -0.122. The molecule has 1 rings (SSSR count). The van der Waals surface area contributed by atoms with Crippen molar-refractivity contribution in [2.75, 3.05) is 13.1 Å². The molecule has 1 saturated heterocycles. The molecule has 3 nitrogen and oxygen atoms in total. The minimum Gasteiger partial charge on any atom is -0.355 e. The van der Waals surface area contributed by atoms with Crippen LogP contribution >= 0.6 is 23.2 Å². The molecule has 0 radical (unpaired) electrons. The molecule has 0 aromatic carbocycles. The number of carbonyl (C=O) groups excluding carboxylic acids is 1. The van der Waals surface area contributed by atoms with Crippen LogP contribution in [0, 0.1) is 0 Å². The summed E-state index contributed by atoms with van der Waals surface area (Å²) in [6.07, 6.45) is 1.44. The van der Waals surface area contributed by atoms with Crippen LogP contribution < -0.4 is 10.6 Å². The van der Waals surface area contributed by atoms with Gasteiger partial charge in [-0.2, -0.15) is 0 Å². The highest BCUT2D eigenvalue weighted by molar-refractivity contribution is 6.36. The van der Waals surface area contributed by atoms with E-state index in [9.17, 15) is 4.79 Å². The van der Waals surface area contributed by atoms with Crippen molar-refractivity contribution >= 4 is 29.1 Å². The quantitative estimate of drug-likeness (QED) is 0.754. The highest BCUT2D eigenvalue weighted by Gasteiger charge is 2.16. The summed E-state index contributed by atoms with van der Waals surface area (Å²) in [5.74, 6) is 0.122. The van der Waals surface area contributed by atoms with Crippen LogP contribution in [-0.4, -0.2) is 25.0 Å². The van der Waals surface area contributed by atoms with Crippen molar-refractivity contribution in [1.29, 1.82) is 0 Å². The van der Waals surface area contributed by atoms with E-state index in [1.165, 1.54) is 5.54 Å². The zero-order valence-electron chi connectivity index (χ0n) is 7.15. The number of carbonyl (C=O) groups is 1. The molecule has 1 fully saturated rings. The lowest BCUT2D eigenvalue weighted by atomic mass is 10.1. The van der Waals surface area contributed by atoms with Gasteiger partial charge in [0.1, 0.15) is 0 Å². The Morgan fingerprint density at radius 3 is 3.08 bits per heavy atom. The van der Waals surface area contributed by atoms with Crippen LogP contribution in [0.25, 0.3) is 0 Å². The summed E-state index contributed by atoms with van der Waals surface area (Å²) >= 11 is 11.1. The van der Waals surface area contributed by atoms with Gasteiger partial charge in [0.05, 0.1) is 0 Å². The summed E-state index contributed by atoms with van der Waals surface area (Å²) in [6.45, 7) is 1.23. The molecular weight excluding hydrogens is 211 g/mol. The van der Waals surface area contributed by atoms with E-state index in [0.29, 0.717) is 30.6 Å². The Hall–Kier alpha value is -0.250. The van der Waals surface area contributed by atoms with Crippen LogP contribution in [0.15, 0.2) is 10.6 Å². The molecule has 74 valence electrons. The third kappa shape index (κ3) is 3.98. The van der Waals surface area contributed by atoms with Gasteiger partial charge in [-0.05, 0) is 6.42 Å². The molecule has 1 atom stereocenters. The van der Waals surface area contributed by atoms with Gasteiger partial charge in [-0.3, -0.25) is 4.79 Å². The van der Waals surface area contributed by atoms with Crippen molar-refractivity contribution in [3.63, 3.8) is 0 Å². The van der Waals surface area contributed by atoms with Crippen molar-refractivity contribution in [3.8, 4) is 0 Å². The lowest BCUT2D eigenvalue weighted by Gasteiger charge is -2.23. The maximum atomic E-state index is 10.8. The number of hydrogen-bond donors (Lipinski definition) is 2. The molecule has 1 aliphatic rings. The first-order valence-corrected chi connectivity index (χ1v) is 4.98. The van der Waals surface area contributed by atoms with E-state index in [1.54, 1.807) is 0 Å². The number of amides is 1. The average Bonchev–Trinajstić information content (AvgIpc) is 2.16. The summed E-state index contributed by atoms with van der Waals surface area (Å²) < 4.78 is 0. The molecule has 0 spiro atoms. The van der Waals surface area contributed by atoms with Crippen molar-refractivity contribution in [1.82, 2.24) is 10.6 Å². The predicted octanol–water partition coefficient (Wildman–Crippen LogP) is 1.17. The highest BCUT2D eigenvalue weighted by Crippen LogP contribution is 2.05. The van der Waals surface area contributed by atoms with Crippen molar-refractivity contribution in [2.45, 2.75) is 18.9 Å². The first-order valence-electron chi connectivity index (χ1n) is 4.17. The van der Waals surface area contributed by atoms with Gasteiger partial charge in [0.15, 0.2) is 0 Å². The summed E-state index contributed by atoms with van der Waals surface area (Å²) in [7, 11) is 0. The maximum absolute atomic E-state index is 10.8. The Kier molecular flexibility index (Phi) is 4.56. The summed E-state index contributed by atoms with van der Waals surface area (Å²) in [5.41, 5.74) is 1.34. The normalized spacial score (nSPS) is 24.3. The van der Waals surface area contributed by atoms with Gasteiger partial charge in [-0.15, -0.1) is 0 Å². The van der Waals surface area contributed by atoms with Crippen LogP contribution in [0.2, 0.25) is 0 Å². The van der Waals surface area contributed by atoms with Gasteiger partial charge >= 0.3 is 0 Å². The summed E-state index contributed by atoms with van der Waals surface area (Å²) in [5, 5.41) is 6.55. The molecule has 1 heterocycles. The first-order chi connectivity index (χ1) is 6.22. The van der Waals surface area contributed by atoms with Gasteiger partial charge in [-0.25, -0.2) is 0 Å². The van der Waals surface area contributed by atoms with E-state index >= 15 is 0 Å². The Morgan fingerprint density at radius 2 is 2.54 bits per heavy atom. The maximum Gasteiger partial charge on any atom is 0.220 e. The third-order valence-electron chi connectivity index (χ3n) is 1.94. The van der Waals surface area contributed by atoms with E-state index in [4.69, 9.17) is 23.2 Å². The Bertz CT molecular complexity index is 208. The Labute approximate surface area is 87.5 Å². The van der Waals surface area contributed by atoms with Crippen molar-refractivity contribution in [2.24, 2.45) is 0 Å². The molecule has 0 aromatic heterocycles. The molecule has 1 amide bonds. The minimum absolute atomic E-state index is 0.122. The molecular formula is C8H12Cl2N2O. The smallest absolute Gasteiger partial charge is 0.220 e. The van der Waals surface area contributed by atoms with Gasteiger partial charge in [0.2, 0.25) is 5.91 Å². The number of piperidine rings is 1. The summed E-state index contributed by atoms with van der Waals surface area (Å²) in [6, 6.07) is 0.308. The number of nitrogens with one attached hydrogen (secondary N) is 2. The second kappa shape index (κ2) is 5.47. The zero-order valence-corrected chi connectivity index (χ0v) is 8.66. The fourth-order valence-electron chi connectivity index (χ4n) is 1.19. The molecule has 0 aliphatic carbocycles. The van der Waals surface area contributed by atoms with E-state index in [0.717, 1.165) is 6.42 Å². The van der Waals surface area contributed by atoms with Gasteiger partial charge in [0.25, 0.3) is 0 Å². The standard InChI is InChI=1S/C8H12Cl2N2O/c9-3-6(10)4-11-7-1-2-8(13)12-5-7/h3,7,11H,1-2,4-5H2,(H,12,13). The fraction of sp³-hybridized carbons (Fsp3) is 0.625. The van der Waals surface area contributed by atoms with Crippen LogP contribution in [0.5, 0.6) is 0 Å². The van der Waals surface area contributed by atoms with Gasteiger partial charge in [0, 0.05) is 36.1 Å². The van der Waals surface area contributed by atoms with Crippen molar-refractivity contribution < 1.29 is 4.79 Å². The second-order valence-electron chi connectivity index (χ2n) is 2.98. The molecule has 0 aromatic rings. The third-order valence-corrected chi connectivity index (χ3v) is 2.56. The van der Waals surface area contributed by atoms with E-state index in [2.05, 4.69) is 10.6 Å². The fourth-order valence-corrected chi connectivity index (χ4v) is 1.34. The van der Waals surface area contributed by atoms with E-state index < -0.39 is 0 Å². The highest BCUT2D eigenvalue weighted by atomic mass is 35.5. The first kappa shape index (κ1) is 10.8. The molecule has 1 unspecified atom stereocenters. The molecule has 2 N–H and O–H groups in total. The second-order valence-corrected chi connectivity index (χ2v) is 3.68. The van der Waals surface area contributed by atoms with Crippen LogP contribution in [0.3, 0.4) is 0 Å². The lowest BCUT2D eigenvalue weighted by Crippen LogP contribution is -2.45. The topological polar surface area (TPSA) is 41.1 Å². The van der Waals surface area contributed by atoms with Crippen LogP contribution in [0.1, 0.15) is 12.8 Å². The molecule has 1 aliphatic heterocycles. The summed E-state index contributed by atoms with van der Waals surface area (Å²) in [4.78, 5) is 10.8. The SMILES string of the molecule is O=C1CCC(NCC(Cl)=CCl)CN1. The Morgan fingerprint density at radius 1 is 1.77 bits per heavy atom. The number of rotatable bonds is 3. The average molecular weight is 223 g/mol. The van der Waals surface area contributed by atoms with E-state index in [-0.39, 0.29) is 5.91 Å². The van der Waals surface area contributed by atoms with E-state index in [1.807, 2.05) is 0 Å². The number of halogens is 2. The van der Waals surface area contributed by atoms with Crippen LogP contribution in [0.4, 0.5) is 0 Å². The molecule has 5 heteroatoms. The minimum atomic E-state index is 0.122. The zero-order chi connectivity index (χ0) is 9.68. The Balaban J connectivity index is 2.19. The van der Waals surface area contributed by atoms with Crippen molar-refractivity contribution in [3.05, 3.63) is 10.6 Å². The van der Waals surface area contributed by atoms with Crippen LogP contribution in [-0.2, 0) is 4.79 Å². The largest absolute Gasteiger partial charge is 0.355 e. The van der Waals surface area contributed by atoms with Gasteiger partial charge in [-0.1, -0.05) is 23.2 Å². The molecule has 0 saturated carbocycles. The van der Waals surface area contributed by atoms with Gasteiger partial charge < -0.3 is 10.6 Å². The molecule has 13 heavy (non-hydrogen) atoms. The monoisotopic (exact) mass is 222 g/mol. The number of hydrogen-bond acceptors (Lipinski definition) is 2. The predicted molar refractivity (Wildman–Crippen MR) is 53.8 cm³/mol.